The van der Waals surface area contributed by atoms with Crippen molar-refractivity contribution in [3.8, 4) is 0 Å². The standard InChI is InChI=1S/C21H24FN3O2S2/c22-16-6-8-17(9-7-16)24-20(27)14-29-21-25-18(13-28-21)12-19(26)23-11-10-15-4-2-1-3-5-15/h4,6-9,13H,1-3,5,10-12,14H2,(H,23,26)(H,24,27). The second-order valence-electron chi connectivity index (χ2n) is 6.83. The highest BCUT2D eigenvalue weighted by Gasteiger charge is 2.11. The number of thiazole rings is 1. The van der Waals surface area contributed by atoms with Gasteiger partial charge >= 0.3 is 0 Å². The Morgan fingerprint density at radius 1 is 1.17 bits per heavy atom. The van der Waals surface area contributed by atoms with Crippen LogP contribution in [0.3, 0.4) is 0 Å². The first kappa shape index (κ1) is 21.5. The molecule has 0 spiro atoms. The van der Waals surface area contributed by atoms with E-state index < -0.39 is 0 Å². The van der Waals surface area contributed by atoms with Gasteiger partial charge in [-0.1, -0.05) is 23.4 Å². The molecule has 2 amide bonds. The van der Waals surface area contributed by atoms with Gasteiger partial charge < -0.3 is 10.6 Å². The number of anilines is 1. The number of carbonyl (C=O) groups excluding carboxylic acids is 2. The Morgan fingerprint density at radius 3 is 2.76 bits per heavy atom. The molecule has 0 aliphatic heterocycles. The van der Waals surface area contributed by atoms with Gasteiger partial charge in [-0.25, -0.2) is 9.37 Å². The molecule has 2 N–H and O–H groups in total. The first-order valence-electron chi connectivity index (χ1n) is 9.66. The van der Waals surface area contributed by atoms with E-state index in [4.69, 9.17) is 0 Å². The quantitative estimate of drug-likeness (QED) is 0.449. The van der Waals surface area contributed by atoms with Crippen LogP contribution in [0.4, 0.5) is 10.1 Å². The van der Waals surface area contributed by atoms with Crippen molar-refractivity contribution >= 4 is 40.6 Å². The fourth-order valence-electron chi connectivity index (χ4n) is 3.01. The number of benzene rings is 1. The lowest BCUT2D eigenvalue weighted by Gasteiger charge is -2.12. The summed E-state index contributed by atoms with van der Waals surface area (Å²) in [6, 6.07) is 5.63. The van der Waals surface area contributed by atoms with Gasteiger partial charge in [0, 0.05) is 17.6 Å². The molecule has 0 bridgehead atoms. The van der Waals surface area contributed by atoms with E-state index in [-0.39, 0.29) is 29.8 Å². The second kappa shape index (κ2) is 11.1. The third kappa shape index (κ3) is 7.62. The maximum Gasteiger partial charge on any atom is 0.234 e. The van der Waals surface area contributed by atoms with E-state index in [1.54, 1.807) is 0 Å². The van der Waals surface area contributed by atoms with E-state index in [0.717, 1.165) is 23.6 Å². The number of nitrogens with one attached hydrogen (secondary N) is 2. The molecular formula is C21H24FN3O2S2. The van der Waals surface area contributed by atoms with Crippen molar-refractivity contribution in [1.82, 2.24) is 10.3 Å². The molecule has 154 valence electrons. The zero-order valence-electron chi connectivity index (χ0n) is 16.1. The molecular weight excluding hydrogens is 409 g/mol. The highest BCUT2D eigenvalue weighted by Crippen LogP contribution is 2.23. The average Bonchev–Trinajstić information content (AvgIpc) is 3.16. The second-order valence-corrected chi connectivity index (χ2v) is 8.91. The molecule has 29 heavy (non-hydrogen) atoms. The summed E-state index contributed by atoms with van der Waals surface area (Å²) in [6.07, 6.45) is 8.30. The van der Waals surface area contributed by atoms with Gasteiger partial charge in [-0.05, 0) is 56.4 Å². The molecule has 1 aromatic heterocycles. The van der Waals surface area contributed by atoms with Gasteiger partial charge in [-0.3, -0.25) is 9.59 Å². The normalized spacial score (nSPS) is 13.6. The first-order chi connectivity index (χ1) is 14.1. The van der Waals surface area contributed by atoms with E-state index in [1.807, 2.05) is 5.38 Å². The van der Waals surface area contributed by atoms with Crippen molar-refractivity contribution in [2.45, 2.75) is 42.9 Å². The van der Waals surface area contributed by atoms with Crippen LogP contribution in [0.2, 0.25) is 0 Å². The average molecular weight is 434 g/mol. The van der Waals surface area contributed by atoms with Gasteiger partial charge in [0.05, 0.1) is 17.9 Å². The van der Waals surface area contributed by atoms with Gasteiger partial charge in [-0.2, -0.15) is 0 Å². The van der Waals surface area contributed by atoms with E-state index in [9.17, 15) is 14.0 Å². The summed E-state index contributed by atoms with van der Waals surface area (Å²) >= 11 is 2.74. The lowest BCUT2D eigenvalue weighted by molar-refractivity contribution is -0.120. The summed E-state index contributed by atoms with van der Waals surface area (Å²) in [7, 11) is 0. The van der Waals surface area contributed by atoms with Crippen LogP contribution >= 0.6 is 23.1 Å². The molecule has 0 unspecified atom stereocenters. The lowest BCUT2D eigenvalue weighted by atomic mass is 9.97. The number of allylic oxidation sites excluding steroid dienone is 1. The number of hydrogen-bond acceptors (Lipinski definition) is 5. The van der Waals surface area contributed by atoms with Crippen LogP contribution < -0.4 is 10.6 Å². The Kier molecular flexibility index (Phi) is 8.25. The van der Waals surface area contributed by atoms with Crippen molar-refractivity contribution < 1.29 is 14.0 Å². The molecule has 0 radical (unpaired) electrons. The minimum atomic E-state index is -0.345. The third-order valence-corrected chi connectivity index (χ3v) is 6.55. The van der Waals surface area contributed by atoms with Crippen LogP contribution in [0, 0.1) is 5.82 Å². The Labute approximate surface area is 178 Å². The van der Waals surface area contributed by atoms with Crippen LogP contribution in [0.25, 0.3) is 0 Å². The predicted octanol–water partition coefficient (Wildman–Crippen LogP) is 4.56. The largest absolute Gasteiger partial charge is 0.355 e. The van der Waals surface area contributed by atoms with Gasteiger partial charge in [0.15, 0.2) is 4.34 Å². The van der Waals surface area contributed by atoms with E-state index in [0.29, 0.717) is 17.9 Å². The highest BCUT2D eigenvalue weighted by atomic mass is 32.2. The molecule has 0 fully saturated rings. The zero-order valence-corrected chi connectivity index (χ0v) is 17.7. The molecule has 1 heterocycles. The van der Waals surface area contributed by atoms with Crippen LogP contribution in [-0.2, 0) is 16.0 Å². The van der Waals surface area contributed by atoms with Crippen molar-refractivity contribution in [2.24, 2.45) is 0 Å². The number of carbonyl (C=O) groups is 2. The summed E-state index contributed by atoms with van der Waals surface area (Å²) in [4.78, 5) is 28.5. The number of nitrogens with zero attached hydrogens (tertiary/aromatic N) is 1. The SMILES string of the molecule is O=C(Cc1csc(SCC(=O)Nc2ccc(F)cc2)n1)NCCC1=CCCCC1. The number of halogens is 1. The molecule has 8 heteroatoms. The van der Waals surface area contributed by atoms with Gasteiger partial charge in [0.1, 0.15) is 5.82 Å². The third-order valence-electron chi connectivity index (χ3n) is 4.48. The summed E-state index contributed by atoms with van der Waals surface area (Å²) in [5.41, 5.74) is 2.71. The van der Waals surface area contributed by atoms with E-state index in [2.05, 4.69) is 21.7 Å². The van der Waals surface area contributed by atoms with Gasteiger partial charge in [0.2, 0.25) is 11.8 Å². The molecule has 1 aliphatic carbocycles. The molecule has 0 saturated heterocycles. The van der Waals surface area contributed by atoms with Crippen LogP contribution in [0.15, 0.2) is 45.6 Å². The Bertz CT molecular complexity index is 865. The van der Waals surface area contributed by atoms with E-state index >= 15 is 0 Å². The predicted molar refractivity (Wildman–Crippen MR) is 116 cm³/mol. The topological polar surface area (TPSA) is 71.1 Å². The molecule has 1 aromatic carbocycles. The van der Waals surface area contributed by atoms with Crippen molar-refractivity contribution in [3.63, 3.8) is 0 Å². The molecule has 3 rings (SSSR count). The maximum absolute atomic E-state index is 12.9. The van der Waals surface area contributed by atoms with Crippen LogP contribution in [0.1, 0.15) is 37.8 Å². The first-order valence-corrected chi connectivity index (χ1v) is 11.5. The molecule has 0 saturated carbocycles. The fourth-order valence-corrected chi connectivity index (χ4v) is 4.66. The Morgan fingerprint density at radius 2 is 2.00 bits per heavy atom. The number of rotatable bonds is 9. The smallest absolute Gasteiger partial charge is 0.234 e. The number of hydrogen-bond donors (Lipinski definition) is 2. The molecule has 2 aromatic rings. The van der Waals surface area contributed by atoms with Crippen molar-refractivity contribution in [2.75, 3.05) is 17.6 Å². The Balaban J connectivity index is 1.36. The minimum absolute atomic E-state index is 0.0303. The summed E-state index contributed by atoms with van der Waals surface area (Å²) in [6.45, 7) is 0.667. The van der Waals surface area contributed by atoms with Crippen molar-refractivity contribution in [3.05, 3.63) is 52.8 Å². The zero-order chi connectivity index (χ0) is 20.5. The summed E-state index contributed by atoms with van der Waals surface area (Å²) in [5.74, 6) is -0.362. The van der Waals surface area contributed by atoms with Gasteiger partial charge in [-0.15, -0.1) is 11.3 Å². The van der Waals surface area contributed by atoms with Gasteiger partial charge in [0.25, 0.3) is 0 Å². The van der Waals surface area contributed by atoms with Crippen molar-refractivity contribution in [1.29, 1.82) is 0 Å². The number of amides is 2. The summed E-state index contributed by atoms with van der Waals surface area (Å²) in [5, 5.41) is 7.52. The fraction of sp³-hybridized carbons (Fsp3) is 0.381. The van der Waals surface area contributed by atoms with Crippen LogP contribution in [-0.4, -0.2) is 29.1 Å². The minimum Gasteiger partial charge on any atom is -0.355 e. The summed E-state index contributed by atoms with van der Waals surface area (Å²) < 4.78 is 13.6. The highest BCUT2D eigenvalue weighted by molar-refractivity contribution is 8.01. The number of aromatic nitrogens is 1. The molecule has 1 aliphatic rings. The maximum atomic E-state index is 12.9. The molecule has 0 atom stereocenters. The van der Waals surface area contributed by atoms with E-state index in [1.165, 1.54) is 65.8 Å². The Hall–Kier alpha value is -2.19. The number of thioether (sulfide) groups is 1. The monoisotopic (exact) mass is 433 g/mol. The molecule has 5 nitrogen and oxygen atoms in total. The lowest BCUT2D eigenvalue weighted by Crippen LogP contribution is -2.26. The van der Waals surface area contributed by atoms with Crippen LogP contribution in [0.5, 0.6) is 0 Å².